The predicted molar refractivity (Wildman–Crippen MR) is 84.0 cm³/mol. The molecule has 0 bridgehead atoms. The topological polar surface area (TPSA) is 30.7 Å². The van der Waals surface area contributed by atoms with E-state index >= 15 is 0 Å². The van der Waals surface area contributed by atoms with E-state index in [4.69, 9.17) is 0 Å². The highest BCUT2D eigenvalue weighted by atomic mass is 15.4. The van der Waals surface area contributed by atoms with E-state index in [0.29, 0.717) is 5.92 Å². The summed E-state index contributed by atoms with van der Waals surface area (Å²) in [6.45, 7) is 2.29. The molecule has 0 saturated carbocycles. The fourth-order valence-electron chi connectivity index (χ4n) is 3.35. The molecule has 0 spiro atoms. The van der Waals surface area contributed by atoms with Gasteiger partial charge in [-0.15, -0.1) is 5.10 Å². The Hall–Kier alpha value is -2.42. The second-order valence-electron chi connectivity index (χ2n) is 5.76. The number of nitrogens with zero attached hydrogens (tertiary/aromatic N) is 3. The van der Waals surface area contributed by atoms with Crippen LogP contribution < -0.4 is 0 Å². The van der Waals surface area contributed by atoms with E-state index in [0.717, 1.165) is 17.8 Å². The Morgan fingerprint density at radius 3 is 2.57 bits per heavy atom. The summed E-state index contributed by atoms with van der Waals surface area (Å²) < 4.78 is 1.89. The quantitative estimate of drug-likeness (QED) is 0.624. The highest BCUT2D eigenvalue weighted by Gasteiger charge is 2.24. The summed E-state index contributed by atoms with van der Waals surface area (Å²) in [5.41, 5.74) is 7.29. The van der Waals surface area contributed by atoms with Crippen molar-refractivity contribution in [3.05, 3.63) is 59.7 Å². The third kappa shape index (κ3) is 1.81. The van der Waals surface area contributed by atoms with Crippen molar-refractivity contribution >= 4 is 0 Å². The van der Waals surface area contributed by atoms with Gasteiger partial charge < -0.3 is 0 Å². The summed E-state index contributed by atoms with van der Waals surface area (Å²) in [5, 5.41) is 8.72. The third-order valence-electron chi connectivity index (χ3n) is 4.37. The highest BCUT2D eigenvalue weighted by Crippen LogP contribution is 2.40. The van der Waals surface area contributed by atoms with Gasteiger partial charge in [-0.3, -0.25) is 0 Å². The number of hydrogen-bond acceptors (Lipinski definition) is 2. The molecule has 0 N–H and O–H groups in total. The average molecular weight is 275 g/mol. The van der Waals surface area contributed by atoms with Crippen LogP contribution in [0.3, 0.4) is 0 Å². The normalized spacial score (nSPS) is 16.4. The van der Waals surface area contributed by atoms with Crippen LogP contribution in [0.5, 0.6) is 0 Å². The van der Waals surface area contributed by atoms with E-state index in [1.165, 1.54) is 22.3 Å². The molecule has 0 radical (unpaired) electrons. The SMILES string of the molecule is CC1Cc2ccccc2-c2c(nnn2C)-c2ccccc21. The molecule has 104 valence electrons. The van der Waals surface area contributed by atoms with Crippen molar-refractivity contribution in [2.24, 2.45) is 7.05 Å². The van der Waals surface area contributed by atoms with Crippen LogP contribution in [0.2, 0.25) is 0 Å². The lowest BCUT2D eigenvalue weighted by molar-refractivity contribution is 0.719. The van der Waals surface area contributed by atoms with Crippen molar-refractivity contribution < 1.29 is 0 Å². The second kappa shape index (κ2) is 4.55. The number of rotatable bonds is 0. The maximum absolute atomic E-state index is 4.45. The van der Waals surface area contributed by atoms with Crippen molar-refractivity contribution in [1.29, 1.82) is 0 Å². The molecule has 1 heterocycles. The lowest BCUT2D eigenvalue weighted by Gasteiger charge is -2.21. The Kier molecular flexibility index (Phi) is 2.67. The van der Waals surface area contributed by atoms with Crippen LogP contribution in [0, 0.1) is 0 Å². The lowest BCUT2D eigenvalue weighted by atomic mass is 9.83. The first kappa shape index (κ1) is 12.3. The van der Waals surface area contributed by atoms with Gasteiger partial charge in [-0.1, -0.05) is 60.7 Å². The maximum atomic E-state index is 4.45. The van der Waals surface area contributed by atoms with Crippen LogP contribution >= 0.6 is 0 Å². The third-order valence-corrected chi connectivity index (χ3v) is 4.37. The maximum Gasteiger partial charge on any atom is 0.121 e. The Balaban J connectivity index is 2.11. The summed E-state index contributed by atoms with van der Waals surface area (Å²) in [4.78, 5) is 0. The van der Waals surface area contributed by atoms with E-state index in [-0.39, 0.29) is 0 Å². The minimum absolute atomic E-state index is 0.470. The number of aryl methyl sites for hydroxylation is 1. The molecule has 4 rings (SSSR count). The van der Waals surface area contributed by atoms with Crippen molar-refractivity contribution in [2.75, 3.05) is 0 Å². The number of benzene rings is 2. The summed E-state index contributed by atoms with van der Waals surface area (Å²) >= 11 is 0. The molecule has 1 atom stereocenters. The molecule has 3 aromatic rings. The van der Waals surface area contributed by atoms with Crippen LogP contribution in [0.4, 0.5) is 0 Å². The molecule has 1 aromatic heterocycles. The Morgan fingerprint density at radius 2 is 1.71 bits per heavy atom. The molecule has 0 saturated heterocycles. The van der Waals surface area contributed by atoms with Crippen LogP contribution in [-0.4, -0.2) is 15.0 Å². The van der Waals surface area contributed by atoms with E-state index in [9.17, 15) is 0 Å². The number of hydrogen-bond donors (Lipinski definition) is 0. The Bertz CT molecular complexity index is 817. The van der Waals surface area contributed by atoms with Gasteiger partial charge in [0.15, 0.2) is 0 Å². The number of aromatic nitrogens is 3. The molecular formula is C18H17N3. The second-order valence-corrected chi connectivity index (χ2v) is 5.76. The minimum Gasteiger partial charge on any atom is -0.247 e. The number of fused-ring (bicyclic) bond motifs is 5. The average Bonchev–Trinajstić information content (AvgIpc) is 2.88. The summed E-state index contributed by atoms with van der Waals surface area (Å²) in [5.74, 6) is 0.470. The summed E-state index contributed by atoms with van der Waals surface area (Å²) in [6.07, 6.45) is 1.04. The smallest absolute Gasteiger partial charge is 0.121 e. The molecular weight excluding hydrogens is 258 g/mol. The zero-order valence-electron chi connectivity index (χ0n) is 12.2. The summed E-state index contributed by atoms with van der Waals surface area (Å²) in [6, 6.07) is 17.2. The van der Waals surface area contributed by atoms with Gasteiger partial charge in [0.2, 0.25) is 0 Å². The van der Waals surface area contributed by atoms with Crippen molar-refractivity contribution in [3.63, 3.8) is 0 Å². The first-order valence-corrected chi connectivity index (χ1v) is 7.33. The largest absolute Gasteiger partial charge is 0.247 e. The monoisotopic (exact) mass is 275 g/mol. The van der Waals surface area contributed by atoms with Crippen molar-refractivity contribution in [2.45, 2.75) is 19.3 Å². The standard InChI is InChI=1S/C18H17N3/c1-12-11-13-7-3-4-9-15(13)18-17(19-20-21(18)2)16-10-6-5-8-14(12)16/h3-10,12H,11H2,1-2H3. The summed E-state index contributed by atoms with van der Waals surface area (Å²) in [7, 11) is 1.97. The van der Waals surface area contributed by atoms with Crippen LogP contribution in [0.15, 0.2) is 48.5 Å². The van der Waals surface area contributed by atoms with Gasteiger partial charge >= 0.3 is 0 Å². The molecule has 2 aromatic carbocycles. The van der Waals surface area contributed by atoms with Gasteiger partial charge in [0.1, 0.15) is 5.69 Å². The fourth-order valence-corrected chi connectivity index (χ4v) is 3.35. The van der Waals surface area contributed by atoms with Crippen LogP contribution in [0.25, 0.3) is 22.5 Å². The molecule has 0 fully saturated rings. The Morgan fingerprint density at radius 1 is 1.00 bits per heavy atom. The molecule has 3 heteroatoms. The van der Waals surface area contributed by atoms with Crippen LogP contribution in [-0.2, 0) is 13.5 Å². The Labute approximate surface area is 124 Å². The first-order chi connectivity index (χ1) is 10.3. The molecule has 3 nitrogen and oxygen atoms in total. The molecule has 21 heavy (non-hydrogen) atoms. The highest BCUT2D eigenvalue weighted by molar-refractivity contribution is 5.82. The van der Waals surface area contributed by atoms with Crippen LogP contribution in [0.1, 0.15) is 24.0 Å². The van der Waals surface area contributed by atoms with Gasteiger partial charge in [-0.2, -0.15) is 0 Å². The lowest BCUT2D eigenvalue weighted by Crippen LogP contribution is -2.07. The van der Waals surface area contributed by atoms with Gasteiger partial charge in [-0.25, -0.2) is 4.68 Å². The van der Waals surface area contributed by atoms with Crippen molar-refractivity contribution in [1.82, 2.24) is 15.0 Å². The molecule has 1 unspecified atom stereocenters. The van der Waals surface area contributed by atoms with Gasteiger partial charge in [-0.05, 0) is 23.5 Å². The minimum atomic E-state index is 0.470. The van der Waals surface area contributed by atoms with E-state index in [1.807, 2.05) is 11.7 Å². The van der Waals surface area contributed by atoms with E-state index in [1.54, 1.807) is 0 Å². The van der Waals surface area contributed by atoms with Gasteiger partial charge in [0.05, 0.1) is 5.69 Å². The van der Waals surface area contributed by atoms with Gasteiger partial charge in [0.25, 0.3) is 0 Å². The molecule has 1 aliphatic carbocycles. The van der Waals surface area contributed by atoms with E-state index in [2.05, 4.69) is 65.8 Å². The predicted octanol–water partition coefficient (Wildman–Crippen LogP) is 3.81. The van der Waals surface area contributed by atoms with Gasteiger partial charge in [0, 0.05) is 18.2 Å². The van der Waals surface area contributed by atoms with Crippen molar-refractivity contribution in [3.8, 4) is 22.5 Å². The zero-order chi connectivity index (χ0) is 14.4. The zero-order valence-corrected chi connectivity index (χ0v) is 12.2. The molecule has 1 aliphatic rings. The fraction of sp³-hybridized carbons (Fsp3) is 0.222. The molecule has 0 amide bonds. The first-order valence-electron chi connectivity index (χ1n) is 7.33. The molecule has 0 aliphatic heterocycles. The van der Waals surface area contributed by atoms with E-state index < -0.39 is 0 Å².